The van der Waals surface area contributed by atoms with Gasteiger partial charge in [-0.3, -0.25) is 15.1 Å². The standard InChI is InChI=1S/C29H30N8/c1-5-23(34-28(6-2)37-16-20(30)17-37)18(3)10-11-24-19(4)29(36-35-24)26-13-21-22(14-31-15-27(21)33-26)25-9-7-8-12-32-25/h5-15,20,33,35H,2,4,16-17,30H2,1,3H3/b18-10+,23-5-,24-11+,34-28?. The average Bonchev–Trinajstić information content (AvgIpc) is 3.50. The number of likely N-dealkylation sites (tertiary alicyclic amines) is 1. The molecule has 0 radical (unpaired) electrons. The van der Waals surface area contributed by atoms with Crippen LogP contribution in [-0.2, 0) is 0 Å². The number of nitrogens with zero attached hydrogens (tertiary/aromatic N) is 5. The van der Waals surface area contributed by atoms with Crippen LogP contribution in [0.5, 0.6) is 0 Å². The van der Waals surface area contributed by atoms with Crippen LogP contribution >= 0.6 is 0 Å². The van der Waals surface area contributed by atoms with Gasteiger partial charge in [-0.05, 0) is 49.8 Å². The van der Waals surface area contributed by atoms with Crippen molar-refractivity contribution in [3.63, 3.8) is 0 Å². The number of aromatic amines is 2. The van der Waals surface area contributed by atoms with E-state index < -0.39 is 0 Å². The largest absolute Gasteiger partial charge is 0.353 e. The van der Waals surface area contributed by atoms with Crippen molar-refractivity contribution in [3.05, 3.63) is 89.5 Å². The second-order valence-electron chi connectivity index (χ2n) is 9.04. The number of fused-ring (bicyclic) bond motifs is 1. The molecule has 0 amide bonds. The van der Waals surface area contributed by atoms with E-state index in [0.29, 0.717) is 0 Å². The molecular formula is C29H30N8. The zero-order valence-corrected chi connectivity index (χ0v) is 21.1. The highest BCUT2D eigenvalue weighted by Gasteiger charge is 2.24. The first-order chi connectivity index (χ1) is 18.0. The van der Waals surface area contributed by atoms with E-state index in [-0.39, 0.29) is 6.04 Å². The van der Waals surface area contributed by atoms with Gasteiger partial charge >= 0.3 is 0 Å². The van der Waals surface area contributed by atoms with Gasteiger partial charge in [-0.25, -0.2) is 4.99 Å². The zero-order chi connectivity index (χ0) is 25.9. The lowest BCUT2D eigenvalue weighted by atomic mass is 10.1. The van der Waals surface area contributed by atoms with Gasteiger partial charge in [0.2, 0.25) is 0 Å². The Balaban J connectivity index is 1.45. The van der Waals surface area contributed by atoms with Gasteiger partial charge in [0.05, 0.1) is 34.1 Å². The molecular weight excluding hydrogens is 460 g/mol. The summed E-state index contributed by atoms with van der Waals surface area (Å²) in [5.41, 5.74) is 12.2. The molecule has 5 rings (SSSR count). The fourth-order valence-electron chi connectivity index (χ4n) is 4.39. The lowest BCUT2D eigenvalue weighted by Crippen LogP contribution is -2.57. The summed E-state index contributed by atoms with van der Waals surface area (Å²) in [6.45, 7) is 13.8. The molecule has 5 heterocycles. The molecule has 4 aromatic heterocycles. The first-order valence-corrected chi connectivity index (χ1v) is 12.2. The number of aromatic nitrogens is 5. The summed E-state index contributed by atoms with van der Waals surface area (Å²) in [4.78, 5) is 19.2. The first kappa shape index (κ1) is 24.1. The van der Waals surface area contributed by atoms with Gasteiger partial charge in [0.15, 0.2) is 0 Å². The molecule has 0 aromatic carbocycles. The van der Waals surface area contributed by atoms with Crippen molar-refractivity contribution < 1.29 is 0 Å². The van der Waals surface area contributed by atoms with E-state index in [1.807, 2.05) is 62.7 Å². The monoisotopic (exact) mass is 490 g/mol. The predicted molar refractivity (Wildman–Crippen MR) is 151 cm³/mol. The molecule has 0 saturated carbocycles. The Morgan fingerprint density at radius 1 is 1.27 bits per heavy atom. The Hall–Kier alpha value is -4.56. The summed E-state index contributed by atoms with van der Waals surface area (Å²) in [5, 5.41) is 10.3. The second-order valence-corrected chi connectivity index (χ2v) is 9.04. The van der Waals surface area contributed by atoms with Crippen LogP contribution in [0, 0.1) is 0 Å². The lowest BCUT2D eigenvalue weighted by Gasteiger charge is -2.38. The maximum absolute atomic E-state index is 5.93. The Morgan fingerprint density at radius 2 is 2.11 bits per heavy atom. The van der Waals surface area contributed by atoms with E-state index in [1.54, 1.807) is 12.3 Å². The number of rotatable bonds is 6. The van der Waals surface area contributed by atoms with Gasteiger partial charge in [-0.1, -0.05) is 31.4 Å². The number of H-pyrrole nitrogens is 2. The molecule has 0 unspecified atom stereocenters. The predicted octanol–water partition coefficient (Wildman–Crippen LogP) is 3.28. The van der Waals surface area contributed by atoms with Crippen LogP contribution in [0.15, 0.2) is 83.9 Å². The third kappa shape index (κ3) is 4.79. The van der Waals surface area contributed by atoms with Crippen LogP contribution < -0.4 is 16.3 Å². The molecule has 0 atom stereocenters. The van der Waals surface area contributed by atoms with E-state index in [4.69, 9.17) is 10.7 Å². The molecule has 1 aliphatic heterocycles. The molecule has 186 valence electrons. The summed E-state index contributed by atoms with van der Waals surface area (Å²) in [6.07, 6.45) is 13.2. The Labute approximate surface area is 215 Å². The third-order valence-corrected chi connectivity index (χ3v) is 6.47. The number of nitrogens with two attached hydrogens (primary N) is 1. The third-order valence-electron chi connectivity index (χ3n) is 6.47. The maximum atomic E-state index is 5.93. The summed E-state index contributed by atoms with van der Waals surface area (Å²) >= 11 is 0. The highest BCUT2D eigenvalue weighted by Crippen LogP contribution is 2.29. The Morgan fingerprint density at radius 3 is 2.81 bits per heavy atom. The number of nitrogens with one attached hydrogen (secondary N) is 2. The van der Waals surface area contributed by atoms with Crippen LogP contribution in [-0.4, -0.2) is 55.0 Å². The summed E-state index contributed by atoms with van der Waals surface area (Å²) in [5.74, 6) is 0.836. The molecule has 0 bridgehead atoms. The van der Waals surface area contributed by atoms with E-state index in [2.05, 4.69) is 49.3 Å². The molecule has 4 aromatic rings. The average molecular weight is 491 g/mol. The Bertz CT molecular complexity index is 1650. The normalized spacial score (nSPS) is 15.9. The maximum Gasteiger partial charge on any atom is 0.128 e. The molecule has 1 fully saturated rings. The number of amidine groups is 1. The van der Waals surface area contributed by atoms with Gasteiger partial charge in [0.1, 0.15) is 11.5 Å². The summed E-state index contributed by atoms with van der Waals surface area (Å²) < 4.78 is 0. The SMILES string of the molecule is C=CC(=NC(=C\C)/C(C)=C/C=c1/[nH]nc(-c2cc3c(-c4ccccn4)cncc3[nH]2)c1=C)N1CC(N)C1. The van der Waals surface area contributed by atoms with Gasteiger partial charge in [0.25, 0.3) is 0 Å². The van der Waals surface area contributed by atoms with Crippen LogP contribution in [0.25, 0.3) is 46.2 Å². The van der Waals surface area contributed by atoms with Crippen LogP contribution in [0.1, 0.15) is 13.8 Å². The Kier molecular flexibility index (Phi) is 6.66. The fraction of sp³-hybridized carbons (Fsp3) is 0.172. The smallest absolute Gasteiger partial charge is 0.128 e. The molecule has 1 saturated heterocycles. The van der Waals surface area contributed by atoms with Crippen molar-refractivity contribution in [1.29, 1.82) is 0 Å². The van der Waals surface area contributed by atoms with Crippen molar-refractivity contribution >= 4 is 29.4 Å². The molecule has 1 aliphatic rings. The number of hydrogen-bond acceptors (Lipinski definition) is 5. The first-order valence-electron chi connectivity index (χ1n) is 12.2. The zero-order valence-electron chi connectivity index (χ0n) is 21.1. The number of hydrogen-bond donors (Lipinski definition) is 3. The summed E-state index contributed by atoms with van der Waals surface area (Å²) in [6, 6.07) is 8.12. The van der Waals surface area contributed by atoms with E-state index in [9.17, 15) is 0 Å². The fourth-order valence-corrected chi connectivity index (χ4v) is 4.39. The molecule has 8 heteroatoms. The molecule has 0 spiro atoms. The van der Waals surface area contributed by atoms with Crippen molar-refractivity contribution in [1.82, 2.24) is 30.0 Å². The highest BCUT2D eigenvalue weighted by atomic mass is 15.3. The van der Waals surface area contributed by atoms with E-state index in [0.717, 1.165) is 74.3 Å². The van der Waals surface area contributed by atoms with Crippen molar-refractivity contribution in [3.8, 4) is 22.6 Å². The highest BCUT2D eigenvalue weighted by molar-refractivity contribution is 5.96. The molecule has 37 heavy (non-hydrogen) atoms. The van der Waals surface area contributed by atoms with Crippen LogP contribution in [0.4, 0.5) is 0 Å². The molecule has 8 nitrogen and oxygen atoms in total. The number of allylic oxidation sites excluding steroid dienone is 3. The van der Waals surface area contributed by atoms with Crippen molar-refractivity contribution in [2.24, 2.45) is 10.7 Å². The van der Waals surface area contributed by atoms with Gasteiger partial charge in [0, 0.05) is 47.7 Å². The second kappa shape index (κ2) is 10.2. The number of aliphatic imine (C=N–C) groups is 1. The minimum absolute atomic E-state index is 0.198. The van der Waals surface area contributed by atoms with Crippen LogP contribution in [0.2, 0.25) is 0 Å². The van der Waals surface area contributed by atoms with E-state index in [1.165, 1.54) is 0 Å². The summed E-state index contributed by atoms with van der Waals surface area (Å²) in [7, 11) is 0. The minimum Gasteiger partial charge on any atom is -0.353 e. The van der Waals surface area contributed by atoms with Gasteiger partial charge in [-0.2, -0.15) is 5.10 Å². The van der Waals surface area contributed by atoms with E-state index >= 15 is 0 Å². The quantitative estimate of drug-likeness (QED) is 0.218. The van der Waals surface area contributed by atoms with Crippen LogP contribution in [0.3, 0.4) is 0 Å². The molecule has 4 N–H and O–H groups in total. The molecule has 0 aliphatic carbocycles. The lowest BCUT2D eigenvalue weighted by molar-refractivity contribution is 0.255. The van der Waals surface area contributed by atoms with Crippen molar-refractivity contribution in [2.45, 2.75) is 19.9 Å². The number of pyridine rings is 2. The topological polar surface area (TPSA) is 112 Å². The minimum atomic E-state index is 0.198. The van der Waals surface area contributed by atoms with Crippen molar-refractivity contribution in [2.75, 3.05) is 13.1 Å². The van der Waals surface area contributed by atoms with Gasteiger partial charge < -0.3 is 15.6 Å². The van der Waals surface area contributed by atoms with Gasteiger partial charge in [-0.15, -0.1) is 0 Å².